The molecule has 0 radical (unpaired) electrons. The Morgan fingerprint density at radius 3 is 3.00 bits per heavy atom. The molecule has 1 aliphatic heterocycles. The van der Waals surface area contributed by atoms with Gasteiger partial charge in [-0.25, -0.2) is 9.97 Å². The third kappa shape index (κ3) is 3.44. The van der Waals surface area contributed by atoms with Gasteiger partial charge >= 0.3 is 0 Å². The Morgan fingerprint density at radius 2 is 2.20 bits per heavy atom. The number of imidazole rings is 1. The van der Waals surface area contributed by atoms with Gasteiger partial charge in [-0.05, 0) is 29.7 Å². The molecule has 0 bridgehead atoms. The predicted molar refractivity (Wildman–Crippen MR) is 93.4 cm³/mol. The van der Waals surface area contributed by atoms with E-state index in [1.807, 2.05) is 36.5 Å². The molecule has 126 valence electrons. The van der Waals surface area contributed by atoms with E-state index < -0.39 is 0 Å². The Morgan fingerprint density at radius 1 is 1.28 bits per heavy atom. The van der Waals surface area contributed by atoms with Gasteiger partial charge in [-0.15, -0.1) is 0 Å². The summed E-state index contributed by atoms with van der Waals surface area (Å²) in [6.45, 7) is 0.649. The fraction of sp³-hybridized carbons (Fsp3) is 0.211. The van der Waals surface area contributed by atoms with E-state index in [0.29, 0.717) is 18.7 Å². The highest BCUT2D eigenvalue weighted by molar-refractivity contribution is 5.91. The van der Waals surface area contributed by atoms with Crippen molar-refractivity contribution < 1.29 is 9.53 Å². The maximum atomic E-state index is 12.4. The van der Waals surface area contributed by atoms with Gasteiger partial charge in [-0.2, -0.15) is 0 Å². The number of hydrogen-bond donors (Lipinski definition) is 1. The average molecular weight is 334 g/mol. The molecule has 2 aromatic heterocycles. The number of pyridine rings is 1. The highest BCUT2D eigenvalue weighted by atomic mass is 16.5. The van der Waals surface area contributed by atoms with E-state index in [1.54, 1.807) is 23.3 Å². The molecule has 1 N–H and O–H groups in total. The van der Waals surface area contributed by atoms with Crippen LogP contribution in [0.5, 0.6) is 0 Å². The number of ether oxygens (including phenoxy) is 1. The van der Waals surface area contributed by atoms with Crippen LogP contribution >= 0.6 is 0 Å². The molecule has 4 rings (SSSR count). The van der Waals surface area contributed by atoms with E-state index in [1.165, 1.54) is 5.56 Å². The van der Waals surface area contributed by atoms with Crippen LogP contribution in [0.25, 0.3) is 5.82 Å². The first-order valence-corrected chi connectivity index (χ1v) is 8.23. The van der Waals surface area contributed by atoms with Crippen molar-refractivity contribution in [1.82, 2.24) is 14.5 Å². The third-order valence-electron chi connectivity index (χ3n) is 4.26. The molecule has 6 nitrogen and oxygen atoms in total. The van der Waals surface area contributed by atoms with E-state index in [9.17, 15) is 4.79 Å². The summed E-state index contributed by atoms with van der Waals surface area (Å²) in [7, 11) is 0. The minimum Gasteiger partial charge on any atom is -0.373 e. The fourth-order valence-corrected chi connectivity index (χ4v) is 3.03. The molecule has 0 saturated heterocycles. The predicted octanol–water partition coefficient (Wildman–Crippen LogP) is 2.91. The van der Waals surface area contributed by atoms with Crippen molar-refractivity contribution in [3.05, 3.63) is 72.4 Å². The minimum absolute atomic E-state index is 0.0844. The maximum Gasteiger partial charge on any atom is 0.227 e. The standard InChI is InChI=1S/C19H18N4O2/c24-19(11-17-16-4-2-1-3-14(16)7-10-25-17)22-15-5-6-18(21-12-15)23-9-8-20-13-23/h1-6,8-9,12-13,17H,7,10-11H2,(H,22,24). The monoisotopic (exact) mass is 334 g/mol. The molecule has 6 heteroatoms. The lowest BCUT2D eigenvalue weighted by atomic mass is 9.95. The van der Waals surface area contributed by atoms with Crippen LogP contribution in [0.3, 0.4) is 0 Å². The Kier molecular flexibility index (Phi) is 4.26. The summed E-state index contributed by atoms with van der Waals surface area (Å²) in [4.78, 5) is 20.7. The van der Waals surface area contributed by atoms with Crippen LogP contribution in [0.2, 0.25) is 0 Å². The zero-order valence-corrected chi connectivity index (χ0v) is 13.6. The molecular weight excluding hydrogens is 316 g/mol. The van der Waals surface area contributed by atoms with Crippen molar-refractivity contribution in [1.29, 1.82) is 0 Å². The van der Waals surface area contributed by atoms with Gasteiger partial charge in [-0.3, -0.25) is 9.36 Å². The molecule has 1 aromatic carbocycles. The summed E-state index contributed by atoms with van der Waals surface area (Å²) < 4.78 is 7.60. The van der Waals surface area contributed by atoms with E-state index in [-0.39, 0.29) is 12.0 Å². The zero-order chi connectivity index (χ0) is 17.1. The van der Waals surface area contributed by atoms with Gasteiger partial charge in [0.2, 0.25) is 5.91 Å². The van der Waals surface area contributed by atoms with Gasteiger partial charge in [0.25, 0.3) is 0 Å². The summed E-state index contributed by atoms with van der Waals surface area (Å²) in [5, 5.41) is 2.89. The van der Waals surface area contributed by atoms with Crippen LogP contribution in [0, 0.1) is 0 Å². The molecule has 0 saturated carbocycles. The molecule has 3 aromatic rings. The van der Waals surface area contributed by atoms with Gasteiger partial charge in [0.05, 0.1) is 31.0 Å². The SMILES string of the molecule is O=C(CC1OCCc2ccccc21)Nc1ccc(-n2ccnc2)nc1. The van der Waals surface area contributed by atoms with Gasteiger partial charge in [0.15, 0.2) is 0 Å². The lowest BCUT2D eigenvalue weighted by molar-refractivity contribution is -0.119. The second kappa shape index (κ2) is 6.86. The number of nitrogens with zero attached hydrogens (tertiary/aromatic N) is 3. The number of benzene rings is 1. The molecule has 25 heavy (non-hydrogen) atoms. The first-order valence-electron chi connectivity index (χ1n) is 8.23. The Balaban J connectivity index is 1.41. The summed E-state index contributed by atoms with van der Waals surface area (Å²) in [5.41, 5.74) is 3.04. The lowest BCUT2D eigenvalue weighted by Gasteiger charge is -2.25. The van der Waals surface area contributed by atoms with Gasteiger partial charge in [0.1, 0.15) is 12.1 Å². The number of aromatic nitrogens is 3. The first-order chi connectivity index (χ1) is 12.3. The van der Waals surface area contributed by atoms with Crippen LogP contribution in [0.15, 0.2) is 61.3 Å². The Bertz CT molecular complexity index is 859. The summed E-state index contributed by atoms with van der Waals surface area (Å²) in [6.07, 6.45) is 7.83. The number of fused-ring (bicyclic) bond motifs is 1. The van der Waals surface area contributed by atoms with Crippen molar-refractivity contribution in [2.24, 2.45) is 0 Å². The number of carbonyl (C=O) groups is 1. The minimum atomic E-state index is -0.192. The van der Waals surface area contributed by atoms with Crippen LogP contribution in [-0.4, -0.2) is 27.0 Å². The summed E-state index contributed by atoms with van der Waals surface area (Å²) >= 11 is 0. The van der Waals surface area contributed by atoms with Crippen molar-refractivity contribution in [3.8, 4) is 5.82 Å². The van der Waals surface area contributed by atoms with Crippen molar-refractivity contribution in [2.45, 2.75) is 18.9 Å². The van der Waals surface area contributed by atoms with Crippen LogP contribution in [-0.2, 0) is 16.0 Å². The Labute approximate surface area is 145 Å². The Hall–Kier alpha value is -2.99. The summed E-state index contributed by atoms with van der Waals surface area (Å²) in [6, 6.07) is 11.8. The molecule has 1 atom stereocenters. The first kappa shape index (κ1) is 15.5. The van der Waals surface area contributed by atoms with Crippen LogP contribution in [0.4, 0.5) is 5.69 Å². The zero-order valence-electron chi connectivity index (χ0n) is 13.6. The smallest absolute Gasteiger partial charge is 0.227 e. The number of nitrogens with one attached hydrogen (secondary N) is 1. The van der Waals surface area contributed by atoms with Crippen molar-refractivity contribution >= 4 is 11.6 Å². The molecule has 3 heterocycles. The number of rotatable bonds is 4. The lowest BCUT2D eigenvalue weighted by Crippen LogP contribution is -2.22. The van der Waals surface area contributed by atoms with Gasteiger partial charge in [0, 0.05) is 12.4 Å². The number of anilines is 1. The fourth-order valence-electron chi connectivity index (χ4n) is 3.03. The quantitative estimate of drug-likeness (QED) is 0.796. The van der Waals surface area contributed by atoms with E-state index in [2.05, 4.69) is 21.4 Å². The van der Waals surface area contributed by atoms with Crippen LogP contribution in [0.1, 0.15) is 23.7 Å². The highest BCUT2D eigenvalue weighted by Gasteiger charge is 2.23. The number of hydrogen-bond acceptors (Lipinski definition) is 4. The molecule has 0 spiro atoms. The average Bonchev–Trinajstić information content (AvgIpc) is 3.17. The second-order valence-corrected chi connectivity index (χ2v) is 5.94. The molecule has 0 aliphatic carbocycles. The summed E-state index contributed by atoms with van der Waals surface area (Å²) in [5.74, 6) is 0.666. The van der Waals surface area contributed by atoms with Crippen LogP contribution < -0.4 is 5.32 Å². The van der Waals surface area contributed by atoms with E-state index in [0.717, 1.165) is 17.8 Å². The normalized spacial score (nSPS) is 16.2. The van der Waals surface area contributed by atoms with E-state index >= 15 is 0 Å². The van der Waals surface area contributed by atoms with Gasteiger partial charge < -0.3 is 10.1 Å². The van der Waals surface area contributed by atoms with Crippen molar-refractivity contribution in [2.75, 3.05) is 11.9 Å². The van der Waals surface area contributed by atoms with Gasteiger partial charge in [-0.1, -0.05) is 24.3 Å². The number of amides is 1. The van der Waals surface area contributed by atoms with Crippen molar-refractivity contribution in [3.63, 3.8) is 0 Å². The molecule has 1 amide bonds. The number of carbonyl (C=O) groups excluding carboxylic acids is 1. The topological polar surface area (TPSA) is 69.0 Å². The molecule has 1 unspecified atom stereocenters. The molecular formula is C19H18N4O2. The molecule has 1 aliphatic rings. The highest BCUT2D eigenvalue weighted by Crippen LogP contribution is 2.29. The molecule has 0 fully saturated rings. The largest absolute Gasteiger partial charge is 0.373 e. The second-order valence-electron chi connectivity index (χ2n) is 5.94. The third-order valence-corrected chi connectivity index (χ3v) is 4.26. The maximum absolute atomic E-state index is 12.4. The van der Waals surface area contributed by atoms with E-state index in [4.69, 9.17) is 4.74 Å².